The fourth-order valence-corrected chi connectivity index (χ4v) is 3.68. The van der Waals surface area contributed by atoms with Crippen LogP contribution in [0.1, 0.15) is 30.4 Å². The molecule has 0 aliphatic rings. The van der Waals surface area contributed by atoms with E-state index in [9.17, 15) is 13.2 Å². The minimum Gasteiger partial charge on any atom is -0.370 e. The van der Waals surface area contributed by atoms with Gasteiger partial charge in [0.25, 0.3) is 0 Å². The molecule has 8 heteroatoms. The molecule has 0 atom stereocenters. The van der Waals surface area contributed by atoms with Crippen molar-refractivity contribution in [2.24, 2.45) is 11.6 Å². The van der Waals surface area contributed by atoms with E-state index in [4.69, 9.17) is 11.6 Å². The predicted molar refractivity (Wildman–Crippen MR) is 82.0 cm³/mol. The van der Waals surface area contributed by atoms with Crippen LogP contribution in [0.25, 0.3) is 0 Å². The maximum Gasteiger partial charge on any atom is 0.241 e. The van der Waals surface area contributed by atoms with Crippen LogP contribution in [0.5, 0.6) is 0 Å². The van der Waals surface area contributed by atoms with Crippen LogP contribution in [-0.4, -0.2) is 20.9 Å². The van der Waals surface area contributed by atoms with Crippen molar-refractivity contribution in [3.8, 4) is 0 Å². The van der Waals surface area contributed by atoms with Gasteiger partial charge in [0.1, 0.15) is 0 Å². The summed E-state index contributed by atoms with van der Waals surface area (Å²) in [7, 11) is -3.58. The Morgan fingerprint density at radius 3 is 2.24 bits per heavy atom. The van der Waals surface area contributed by atoms with Crippen LogP contribution in [0.15, 0.2) is 17.0 Å². The highest BCUT2D eigenvalue weighted by Crippen LogP contribution is 2.23. The van der Waals surface area contributed by atoms with Gasteiger partial charge < -0.3 is 11.2 Å². The van der Waals surface area contributed by atoms with Gasteiger partial charge >= 0.3 is 0 Å². The van der Waals surface area contributed by atoms with Crippen molar-refractivity contribution in [1.82, 2.24) is 4.72 Å². The van der Waals surface area contributed by atoms with Crippen molar-refractivity contribution in [1.29, 1.82) is 0 Å². The molecule has 0 bridgehead atoms. The number of aryl methyl sites for hydroxylation is 2. The van der Waals surface area contributed by atoms with E-state index in [-0.39, 0.29) is 23.8 Å². The molecule has 0 aliphatic heterocycles. The lowest BCUT2D eigenvalue weighted by Gasteiger charge is -2.13. The van der Waals surface area contributed by atoms with Gasteiger partial charge in [-0.3, -0.25) is 10.6 Å². The number of nitrogen functional groups attached to an aromatic ring is 1. The minimum atomic E-state index is -3.58. The molecule has 0 saturated carbocycles. The van der Waals surface area contributed by atoms with Crippen molar-refractivity contribution < 1.29 is 13.2 Å². The fraction of sp³-hybridized carbons (Fsp3) is 0.462. The molecule has 21 heavy (non-hydrogen) atoms. The molecule has 0 aliphatic carbocycles. The molecule has 0 saturated heterocycles. The summed E-state index contributed by atoms with van der Waals surface area (Å²) in [6.45, 7) is 3.70. The number of carbonyl (C=O) groups is 1. The lowest BCUT2D eigenvalue weighted by Crippen LogP contribution is -2.26. The van der Waals surface area contributed by atoms with Gasteiger partial charge in [-0.15, -0.1) is 0 Å². The number of rotatable bonds is 8. The maximum absolute atomic E-state index is 12.3. The Labute approximate surface area is 125 Å². The quantitative estimate of drug-likeness (QED) is 0.316. The van der Waals surface area contributed by atoms with Gasteiger partial charge in [-0.1, -0.05) is 0 Å². The van der Waals surface area contributed by atoms with Gasteiger partial charge in [-0.2, -0.15) is 0 Å². The molecule has 6 N–H and O–H groups in total. The van der Waals surface area contributed by atoms with E-state index in [0.717, 1.165) is 0 Å². The first-order valence-corrected chi connectivity index (χ1v) is 8.12. The number of carbonyl (C=O) groups excluding carboxylic acids is 1. The zero-order valence-electron chi connectivity index (χ0n) is 12.3. The summed E-state index contributed by atoms with van der Waals surface area (Å²) < 4.78 is 27.2. The van der Waals surface area contributed by atoms with Crippen molar-refractivity contribution >= 4 is 21.6 Å². The summed E-state index contributed by atoms with van der Waals surface area (Å²) in [6, 6.07) is 3.35. The second-order valence-corrected chi connectivity index (χ2v) is 6.61. The van der Waals surface area contributed by atoms with E-state index >= 15 is 0 Å². The first-order chi connectivity index (χ1) is 9.77. The zero-order chi connectivity index (χ0) is 16.0. The lowest BCUT2D eigenvalue weighted by atomic mass is 10.1. The SMILES string of the molecule is Cc1cc(NN)cc(C)c1S(=O)(=O)NCCCCC(N)=O. The van der Waals surface area contributed by atoms with Gasteiger partial charge in [0.05, 0.1) is 4.90 Å². The lowest BCUT2D eigenvalue weighted by molar-refractivity contribution is -0.118. The smallest absolute Gasteiger partial charge is 0.241 e. The monoisotopic (exact) mass is 314 g/mol. The Morgan fingerprint density at radius 1 is 1.19 bits per heavy atom. The standard InChI is InChI=1S/C13H22N4O3S/c1-9-7-11(17-15)8-10(2)13(9)21(19,20)16-6-4-3-5-12(14)18/h7-8,16-17H,3-6,15H2,1-2H3,(H2,14,18). The molecule has 118 valence electrons. The number of hydrazine groups is 1. The van der Waals surface area contributed by atoms with E-state index in [2.05, 4.69) is 10.1 Å². The Kier molecular flexibility index (Phi) is 6.13. The number of amides is 1. The topological polar surface area (TPSA) is 127 Å². The number of sulfonamides is 1. The third kappa shape index (κ3) is 5.00. The number of benzene rings is 1. The van der Waals surface area contributed by atoms with E-state index in [1.807, 2.05) is 0 Å². The molecule has 0 aromatic heterocycles. The molecule has 0 radical (unpaired) electrons. The zero-order valence-corrected chi connectivity index (χ0v) is 13.1. The molecular weight excluding hydrogens is 292 g/mol. The Balaban J connectivity index is 2.77. The van der Waals surface area contributed by atoms with E-state index in [1.54, 1.807) is 26.0 Å². The molecule has 1 aromatic carbocycles. The van der Waals surface area contributed by atoms with Crippen LogP contribution < -0.4 is 21.7 Å². The molecule has 0 fully saturated rings. The highest BCUT2D eigenvalue weighted by atomic mass is 32.2. The largest absolute Gasteiger partial charge is 0.370 e. The molecular formula is C13H22N4O3S. The summed E-state index contributed by atoms with van der Waals surface area (Å²) in [6.07, 6.45) is 1.38. The highest BCUT2D eigenvalue weighted by molar-refractivity contribution is 7.89. The fourth-order valence-electron chi connectivity index (χ4n) is 2.16. The van der Waals surface area contributed by atoms with Gasteiger partial charge in [-0.05, 0) is 49.9 Å². The molecule has 1 rings (SSSR count). The first kappa shape index (κ1) is 17.4. The second kappa shape index (κ2) is 7.39. The highest BCUT2D eigenvalue weighted by Gasteiger charge is 2.19. The van der Waals surface area contributed by atoms with Crippen molar-refractivity contribution in [2.45, 2.75) is 38.0 Å². The molecule has 0 unspecified atom stereocenters. The van der Waals surface area contributed by atoms with E-state index in [1.165, 1.54) is 0 Å². The second-order valence-electron chi connectivity index (χ2n) is 4.90. The summed E-state index contributed by atoms with van der Waals surface area (Å²) in [5.74, 6) is 4.95. The van der Waals surface area contributed by atoms with Crippen LogP contribution in [0.2, 0.25) is 0 Å². The van der Waals surface area contributed by atoms with Crippen LogP contribution >= 0.6 is 0 Å². The summed E-state index contributed by atoms with van der Waals surface area (Å²) in [5.41, 5.74) is 9.42. The number of unbranched alkanes of at least 4 members (excludes halogenated alkanes) is 1. The number of anilines is 1. The molecule has 7 nitrogen and oxygen atoms in total. The van der Waals surface area contributed by atoms with Crippen LogP contribution in [0.3, 0.4) is 0 Å². The van der Waals surface area contributed by atoms with Crippen molar-refractivity contribution in [2.75, 3.05) is 12.0 Å². The van der Waals surface area contributed by atoms with Crippen molar-refractivity contribution in [3.63, 3.8) is 0 Å². The number of nitrogens with one attached hydrogen (secondary N) is 2. The van der Waals surface area contributed by atoms with E-state index in [0.29, 0.717) is 29.7 Å². The molecule has 0 heterocycles. The van der Waals surface area contributed by atoms with Gasteiger partial charge in [0.2, 0.25) is 15.9 Å². The number of hydrogen-bond acceptors (Lipinski definition) is 5. The van der Waals surface area contributed by atoms with Crippen LogP contribution in [-0.2, 0) is 14.8 Å². The average Bonchev–Trinajstić information content (AvgIpc) is 2.36. The van der Waals surface area contributed by atoms with E-state index < -0.39 is 10.0 Å². The Bertz CT molecular complexity index is 591. The van der Waals surface area contributed by atoms with Crippen molar-refractivity contribution in [3.05, 3.63) is 23.3 Å². The third-order valence-corrected chi connectivity index (χ3v) is 4.80. The normalized spacial score (nSPS) is 11.4. The van der Waals surface area contributed by atoms with Crippen LogP contribution in [0, 0.1) is 13.8 Å². The summed E-state index contributed by atoms with van der Waals surface area (Å²) in [4.78, 5) is 10.9. The van der Waals surface area contributed by atoms with Crippen LogP contribution in [0.4, 0.5) is 5.69 Å². The Morgan fingerprint density at radius 2 is 1.76 bits per heavy atom. The molecule has 1 aromatic rings. The van der Waals surface area contributed by atoms with Gasteiger partial charge in [-0.25, -0.2) is 13.1 Å². The average molecular weight is 314 g/mol. The Hall–Kier alpha value is -1.64. The third-order valence-electron chi connectivity index (χ3n) is 3.04. The maximum atomic E-state index is 12.3. The molecule has 0 spiro atoms. The summed E-state index contributed by atoms with van der Waals surface area (Å²) >= 11 is 0. The number of nitrogens with two attached hydrogens (primary N) is 2. The predicted octanol–water partition coefficient (Wildman–Crippen LogP) is 0.523. The number of primary amides is 1. The van der Waals surface area contributed by atoms with Gasteiger partial charge in [0, 0.05) is 18.7 Å². The number of hydrogen-bond donors (Lipinski definition) is 4. The van der Waals surface area contributed by atoms with Gasteiger partial charge in [0.15, 0.2) is 0 Å². The first-order valence-electron chi connectivity index (χ1n) is 6.63. The molecule has 1 amide bonds. The summed E-state index contributed by atoms with van der Waals surface area (Å²) in [5, 5.41) is 0. The minimum absolute atomic E-state index is 0.261.